The molecular weight excluding hydrogens is 176 g/mol. The quantitative estimate of drug-likeness (QED) is 0.784. The van der Waals surface area contributed by atoms with E-state index in [1.807, 2.05) is 6.92 Å². The maximum Gasteiger partial charge on any atom is 0.135 e. The molecule has 1 aromatic heterocycles. The van der Waals surface area contributed by atoms with Crippen LogP contribution >= 0.6 is 0 Å². The summed E-state index contributed by atoms with van der Waals surface area (Å²) in [7, 11) is 1.72. The lowest BCUT2D eigenvalue weighted by Gasteiger charge is -2.15. The lowest BCUT2D eigenvalue weighted by Crippen LogP contribution is -2.10. The monoisotopic (exact) mass is 194 g/mol. The van der Waals surface area contributed by atoms with E-state index in [-0.39, 0.29) is 6.10 Å². The highest BCUT2D eigenvalue weighted by molar-refractivity contribution is 5.19. The number of methoxy groups -OCH3 is 1. The van der Waals surface area contributed by atoms with Crippen LogP contribution in [0.2, 0.25) is 0 Å². The summed E-state index contributed by atoms with van der Waals surface area (Å²) in [5.41, 5.74) is 2.57. The molecule has 2 unspecified atom stereocenters. The maximum absolute atomic E-state index is 5.25. The summed E-state index contributed by atoms with van der Waals surface area (Å²) in [4.78, 5) is 7.95. The van der Waals surface area contributed by atoms with Crippen molar-refractivity contribution >= 4 is 0 Å². The van der Waals surface area contributed by atoms with E-state index in [1.54, 1.807) is 7.11 Å². The van der Waals surface area contributed by atoms with Crippen molar-refractivity contribution in [2.45, 2.75) is 39.2 Å². The molecule has 0 saturated heterocycles. The second-order valence-corrected chi connectivity index (χ2v) is 4.27. The Hall–Kier alpha value is -0.830. The van der Waals surface area contributed by atoms with E-state index in [4.69, 9.17) is 4.74 Å². The van der Waals surface area contributed by atoms with Crippen molar-refractivity contribution in [1.29, 1.82) is 0 Å². The Labute approximate surface area is 84.9 Å². The molecule has 0 fully saturated rings. The van der Waals surface area contributed by atoms with E-state index in [1.165, 1.54) is 17.8 Å². The molecule has 1 aliphatic carbocycles. The van der Waals surface area contributed by atoms with Crippen LogP contribution in [0.1, 0.15) is 43.6 Å². The zero-order chi connectivity index (χ0) is 10.1. The van der Waals surface area contributed by atoms with Gasteiger partial charge in [-0.2, -0.15) is 0 Å². The van der Waals surface area contributed by atoms with E-state index in [0.29, 0.717) is 0 Å². The van der Waals surface area contributed by atoms with Gasteiger partial charge in [0.2, 0.25) is 0 Å². The van der Waals surface area contributed by atoms with Crippen molar-refractivity contribution in [2.75, 3.05) is 7.11 Å². The average molecular weight is 194 g/mol. The van der Waals surface area contributed by atoms with E-state index >= 15 is 0 Å². The fraction of sp³-hybridized carbons (Fsp3) is 0.727. The van der Waals surface area contributed by atoms with Gasteiger partial charge in [-0.3, -0.25) is 0 Å². The number of nitrogens with one attached hydrogen (secondary N) is 1. The second kappa shape index (κ2) is 3.73. The molecule has 0 amide bonds. The summed E-state index contributed by atoms with van der Waals surface area (Å²) in [6.45, 7) is 4.32. The van der Waals surface area contributed by atoms with Gasteiger partial charge < -0.3 is 9.72 Å². The van der Waals surface area contributed by atoms with E-state index in [9.17, 15) is 0 Å². The van der Waals surface area contributed by atoms with Crippen LogP contribution in [0.4, 0.5) is 0 Å². The molecule has 1 N–H and O–H groups in total. The second-order valence-electron chi connectivity index (χ2n) is 4.27. The first-order valence-electron chi connectivity index (χ1n) is 5.31. The number of aromatic amines is 1. The van der Waals surface area contributed by atoms with Crippen LogP contribution in [0, 0.1) is 5.92 Å². The van der Waals surface area contributed by atoms with Crippen LogP contribution in [-0.4, -0.2) is 17.1 Å². The Kier molecular flexibility index (Phi) is 2.59. The van der Waals surface area contributed by atoms with Crippen LogP contribution in [-0.2, 0) is 17.6 Å². The number of rotatable bonds is 2. The molecule has 1 heterocycles. The van der Waals surface area contributed by atoms with E-state index in [0.717, 1.165) is 24.6 Å². The van der Waals surface area contributed by atoms with Crippen molar-refractivity contribution < 1.29 is 4.74 Å². The van der Waals surface area contributed by atoms with E-state index < -0.39 is 0 Å². The summed E-state index contributed by atoms with van der Waals surface area (Å²) < 4.78 is 5.25. The molecule has 0 bridgehead atoms. The summed E-state index contributed by atoms with van der Waals surface area (Å²) in [6, 6.07) is 0. The third-order valence-corrected chi connectivity index (χ3v) is 3.05. The fourth-order valence-corrected chi connectivity index (χ4v) is 1.98. The molecular formula is C11H18N2O. The van der Waals surface area contributed by atoms with Gasteiger partial charge in [-0.25, -0.2) is 4.98 Å². The predicted molar refractivity (Wildman–Crippen MR) is 55.2 cm³/mol. The number of H-pyrrole nitrogens is 1. The van der Waals surface area contributed by atoms with Crippen LogP contribution in [0.25, 0.3) is 0 Å². The summed E-state index contributed by atoms with van der Waals surface area (Å²) in [5.74, 6) is 1.76. The van der Waals surface area contributed by atoms with Gasteiger partial charge >= 0.3 is 0 Å². The number of aromatic nitrogens is 2. The first kappa shape index (κ1) is 9.71. The number of aryl methyl sites for hydroxylation is 1. The van der Waals surface area contributed by atoms with Crippen molar-refractivity contribution in [1.82, 2.24) is 9.97 Å². The molecule has 2 rings (SSSR count). The van der Waals surface area contributed by atoms with Crippen LogP contribution in [0.5, 0.6) is 0 Å². The Morgan fingerprint density at radius 2 is 2.36 bits per heavy atom. The maximum atomic E-state index is 5.25. The highest BCUT2D eigenvalue weighted by atomic mass is 16.5. The molecule has 0 aliphatic heterocycles. The molecule has 78 valence electrons. The zero-order valence-electron chi connectivity index (χ0n) is 9.13. The van der Waals surface area contributed by atoms with E-state index in [2.05, 4.69) is 16.9 Å². The van der Waals surface area contributed by atoms with Crippen molar-refractivity contribution in [2.24, 2.45) is 5.92 Å². The molecule has 2 atom stereocenters. The van der Waals surface area contributed by atoms with Gasteiger partial charge in [0.05, 0.1) is 5.69 Å². The first-order valence-corrected chi connectivity index (χ1v) is 5.31. The van der Waals surface area contributed by atoms with Crippen LogP contribution < -0.4 is 0 Å². The zero-order valence-corrected chi connectivity index (χ0v) is 9.13. The number of nitrogens with zero attached hydrogens (tertiary/aromatic N) is 1. The lowest BCUT2D eigenvalue weighted by molar-refractivity contribution is 0.112. The van der Waals surface area contributed by atoms with Crippen molar-refractivity contribution in [3.8, 4) is 0 Å². The van der Waals surface area contributed by atoms with Gasteiger partial charge in [-0.15, -0.1) is 0 Å². The smallest absolute Gasteiger partial charge is 0.135 e. The highest BCUT2D eigenvalue weighted by Crippen LogP contribution is 2.25. The minimum atomic E-state index is 0.0795. The number of fused-ring (bicyclic) bond motifs is 1. The fourth-order valence-electron chi connectivity index (χ4n) is 1.98. The van der Waals surface area contributed by atoms with Crippen molar-refractivity contribution in [3.05, 3.63) is 17.2 Å². The molecule has 0 spiro atoms. The van der Waals surface area contributed by atoms with Gasteiger partial charge in [0, 0.05) is 12.8 Å². The minimum absolute atomic E-state index is 0.0795. The van der Waals surface area contributed by atoms with Crippen LogP contribution in [0.15, 0.2) is 0 Å². The summed E-state index contributed by atoms with van der Waals surface area (Å²) >= 11 is 0. The molecule has 0 aromatic carbocycles. The highest BCUT2D eigenvalue weighted by Gasteiger charge is 2.20. The van der Waals surface area contributed by atoms with Gasteiger partial charge in [0.25, 0.3) is 0 Å². The molecule has 0 saturated carbocycles. The van der Waals surface area contributed by atoms with Gasteiger partial charge in [0.15, 0.2) is 0 Å². The lowest BCUT2D eigenvalue weighted by atomic mass is 9.92. The average Bonchev–Trinajstić information content (AvgIpc) is 2.59. The largest absolute Gasteiger partial charge is 0.374 e. The normalized spacial score (nSPS) is 23.2. The third-order valence-electron chi connectivity index (χ3n) is 3.05. The topological polar surface area (TPSA) is 37.9 Å². The molecule has 1 aliphatic rings. The number of imidazole rings is 1. The molecule has 3 nitrogen and oxygen atoms in total. The van der Waals surface area contributed by atoms with Crippen molar-refractivity contribution in [3.63, 3.8) is 0 Å². The Morgan fingerprint density at radius 1 is 1.57 bits per heavy atom. The summed E-state index contributed by atoms with van der Waals surface area (Å²) in [5, 5.41) is 0. The predicted octanol–water partition coefficient (Wildman–Crippen LogP) is 2.24. The van der Waals surface area contributed by atoms with Crippen LogP contribution in [0.3, 0.4) is 0 Å². The third kappa shape index (κ3) is 1.69. The standard InChI is InChI=1S/C11H18N2O/c1-7-4-5-9-10(6-7)13-11(12-9)8(2)14-3/h7-8H,4-6H2,1-3H3,(H,12,13). The minimum Gasteiger partial charge on any atom is -0.374 e. The number of hydrogen-bond donors (Lipinski definition) is 1. The Bertz CT molecular complexity index is 319. The molecule has 14 heavy (non-hydrogen) atoms. The van der Waals surface area contributed by atoms with Gasteiger partial charge in [-0.05, 0) is 32.1 Å². The molecule has 0 radical (unpaired) electrons. The molecule has 1 aromatic rings. The first-order chi connectivity index (χ1) is 6.70. The molecule has 3 heteroatoms. The summed E-state index contributed by atoms with van der Waals surface area (Å²) in [6.07, 6.45) is 3.59. The van der Waals surface area contributed by atoms with Gasteiger partial charge in [-0.1, -0.05) is 6.92 Å². The number of hydrogen-bond acceptors (Lipinski definition) is 2. The SMILES string of the molecule is COC(C)c1nc2c([nH]1)CC(C)CC2. The van der Waals surface area contributed by atoms with Gasteiger partial charge in [0.1, 0.15) is 11.9 Å². The number of ether oxygens (including phenoxy) is 1. The Balaban J connectivity index is 2.23. The Morgan fingerprint density at radius 3 is 3.07 bits per heavy atom.